The van der Waals surface area contributed by atoms with E-state index in [2.05, 4.69) is 15.3 Å². The van der Waals surface area contributed by atoms with Crippen molar-refractivity contribution >= 4 is 34.6 Å². The number of fused-ring (bicyclic) bond motifs is 1. The first-order valence-electron chi connectivity index (χ1n) is 8.16. The van der Waals surface area contributed by atoms with Crippen molar-refractivity contribution in [3.63, 3.8) is 0 Å². The minimum absolute atomic E-state index is 0.0870. The van der Waals surface area contributed by atoms with E-state index in [1.807, 2.05) is 48.5 Å². The summed E-state index contributed by atoms with van der Waals surface area (Å²) in [6.45, 7) is 0.652. The Labute approximate surface area is 151 Å². The van der Waals surface area contributed by atoms with Crippen molar-refractivity contribution in [3.05, 3.63) is 72.6 Å². The van der Waals surface area contributed by atoms with Crippen LogP contribution in [0, 0.1) is 0 Å². The maximum absolute atomic E-state index is 11.9. The van der Waals surface area contributed by atoms with Gasteiger partial charge in [-0.25, -0.2) is 4.98 Å². The highest BCUT2D eigenvalue weighted by atomic mass is 32.2. The summed E-state index contributed by atoms with van der Waals surface area (Å²) in [6, 6.07) is 15.8. The molecule has 0 unspecified atom stereocenters. The summed E-state index contributed by atoms with van der Waals surface area (Å²) in [6.07, 6.45) is 7.81. The van der Waals surface area contributed by atoms with Crippen LogP contribution in [0.15, 0.2) is 72.0 Å². The predicted molar refractivity (Wildman–Crippen MR) is 103 cm³/mol. The zero-order valence-corrected chi connectivity index (χ0v) is 14.6. The Kier molecular flexibility index (Phi) is 6.17. The SMILES string of the molecule is O=C(C=Cc1cnc2ccccc2c1)NCCCSc1ccccn1. The Hall–Kier alpha value is -2.66. The fourth-order valence-corrected chi connectivity index (χ4v) is 3.11. The van der Waals surface area contributed by atoms with E-state index in [1.165, 1.54) is 0 Å². The first-order valence-corrected chi connectivity index (χ1v) is 9.14. The molecule has 126 valence electrons. The highest BCUT2D eigenvalue weighted by Gasteiger charge is 1.98. The third-order valence-corrected chi connectivity index (χ3v) is 4.58. The molecular formula is C20H19N3OS. The summed E-state index contributed by atoms with van der Waals surface area (Å²) in [5, 5.41) is 4.97. The van der Waals surface area contributed by atoms with Crippen molar-refractivity contribution in [1.29, 1.82) is 0 Å². The molecule has 0 aliphatic carbocycles. The molecule has 25 heavy (non-hydrogen) atoms. The van der Waals surface area contributed by atoms with Crippen LogP contribution < -0.4 is 5.32 Å². The fraction of sp³-hybridized carbons (Fsp3) is 0.150. The van der Waals surface area contributed by atoms with E-state index < -0.39 is 0 Å². The van der Waals surface area contributed by atoms with Crippen LogP contribution in [0.2, 0.25) is 0 Å². The average molecular weight is 349 g/mol. The summed E-state index contributed by atoms with van der Waals surface area (Å²) in [4.78, 5) is 20.5. The largest absolute Gasteiger partial charge is 0.353 e. The lowest BCUT2D eigenvalue weighted by molar-refractivity contribution is -0.116. The third kappa shape index (κ3) is 5.43. The zero-order chi connectivity index (χ0) is 17.3. The molecule has 0 saturated carbocycles. The van der Waals surface area contributed by atoms with E-state index in [0.717, 1.165) is 33.7 Å². The molecule has 5 heteroatoms. The molecule has 3 aromatic rings. The predicted octanol–water partition coefficient (Wildman–Crippen LogP) is 3.94. The monoisotopic (exact) mass is 349 g/mol. The average Bonchev–Trinajstić information content (AvgIpc) is 2.67. The lowest BCUT2D eigenvalue weighted by Gasteiger charge is -2.02. The van der Waals surface area contributed by atoms with Crippen LogP contribution in [-0.2, 0) is 4.79 Å². The van der Waals surface area contributed by atoms with Crippen LogP contribution in [0.25, 0.3) is 17.0 Å². The summed E-state index contributed by atoms with van der Waals surface area (Å²) >= 11 is 1.69. The van der Waals surface area contributed by atoms with Crippen LogP contribution in [-0.4, -0.2) is 28.2 Å². The molecule has 2 aromatic heterocycles. The first-order chi connectivity index (χ1) is 12.3. The minimum atomic E-state index is -0.0870. The summed E-state index contributed by atoms with van der Waals surface area (Å²) < 4.78 is 0. The number of aromatic nitrogens is 2. The Morgan fingerprint density at radius 2 is 2.00 bits per heavy atom. The maximum Gasteiger partial charge on any atom is 0.244 e. The second-order valence-corrected chi connectivity index (χ2v) is 6.57. The summed E-state index contributed by atoms with van der Waals surface area (Å²) in [7, 11) is 0. The van der Waals surface area contributed by atoms with Gasteiger partial charge in [0.25, 0.3) is 0 Å². The standard InChI is InChI=1S/C20H19N3OS/c24-19(21-12-5-13-25-20-8-3-4-11-22-20)10-9-16-14-17-6-1-2-7-18(17)23-15-16/h1-4,6-11,14-15H,5,12-13H2,(H,21,24). The van der Waals surface area contributed by atoms with Crippen molar-refractivity contribution in [2.75, 3.05) is 12.3 Å². The van der Waals surface area contributed by atoms with E-state index in [-0.39, 0.29) is 5.91 Å². The highest BCUT2D eigenvalue weighted by molar-refractivity contribution is 7.99. The number of nitrogens with zero attached hydrogens (tertiary/aromatic N) is 2. The number of carbonyl (C=O) groups is 1. The number of benzene rings is 1. The molecule has 1 N–H and O–H groups in total. The molecule has 3 rings (SSSR count). The van der Waals surface area contributed by atoms with Crippen LogP contribution in [0.4, 0.5) is 0 Å². The third-order valence-electron chi connectivity index (χ3n) is 3.55. The van der Waals surface area contributed by atoms with Gasteiger partial charge in [-0.3, -0.25) is 9.78 Å². The van der Waals surface area contributed by atoms with Crippen molar-refractivity contribution < 1.29 is 4.79 Å². The van der Waals surface area contributed by atoms with Crippen LogP contribution >= 0.6 is 11.8 Å². The number of nitrogens with one attached hydrogen (secondary N) is 1. The molecule has 1 aromatic carbocycles. The van der Waals surface area contributed by atoms with Crippen LogP contribution in [0.5, 0.6) is 0 Å². The molecule has 0 radical (unpaired) electrons. The summed E-state index contributed by atoms with van der Waals surface area (Å²) in [5.74, 6) is 0.839. The van der Waals surface area contributed by atoms with E-state index in [1.54, 1.807) is 36.3 Å². The summed E-state index contributed by atoms with van der Waals surface area (Å²) in [5.41, 5.74) is 1.87. The molecule has 0 spiro atoms. The smallest absolute Gasteiger partial charge is 0.244 e. The molecule has 2 heterocycles. The molecule has 1 amide bonds. The molecule has 0 atom stereocenters. The van der Waals surface area contributed by atoms with Crippen molar-refractivity contribution in [2.24, 2.45) is 0 Å². The molecule has 0 saturated heterocycles. The van der Waals surface area contributed by atoms with Gasteiger partial charge in [-0.2, -0.15) is 0 Å². The first kappa shape index (κ1) is 17.2. The van der Waals surface area contributed by atoms with Gasteiger partial charge in [0.15, 0.2) is 0 Å². The number of hydrogen-bond acceptors (Lipinski definition) is 4. The van der Waals surface area contributed by atoms with Crippen LogP contribution in [0.1, 0.15) is 12.0 Å². The molecule has 0 bridgehead atoms. The number of pyridine rings is 2. The number of para-hydroxylation sites is 1. The maximum atomic E-state index is 11.9. The molecule has 0 aliphatic rings. The Balaban J connectivity index is 1.41. The Morgan fingerprint density at radius 3 is 2.88 bits per heavy atom. The fourth-order valence-electron chi connectivity index (χ4n) is 2.30. The van der Waals surface area contributed by atoms with E-state index in [9.17, 15) is 4.79 Å². The van der Waals surface area contributed by atoms with E-state index >= 15 is 0 Å². The second-order valence-electron chi connectivity index (χ2n) is 5.46. The lowest BCUT2D eigenvalue weighted by Crippen LogP contribution is -2.22. The molecule has 4 nitrogen and oxygen atoms in total. The van der Waals surface area contributed by atoms with Crippen molar-refractivity contribution in [1.82, 2.24) is 15.3 Å². The van der Waals surface area contributed by atoms with Gasteiger partial charge in [-0.05, 0) is 42.3 Å². The van der Waals surface area contributed by atoms with Gasteiger partial charge < -0.3 is 5.32 Å². The second kappa shape index (κ2) is 8.99. The van der Waals surface area contributed by atoms with Gasteiger partial charge >= 0.3 is 0 Å². The van der Waals surface area contributed by atoms with E-state index in [4.69, 9.17) is 0 Å². The topological polar surface area (TPSA) is 54.9 Å². The van der Waals surface area contributed by atoms with Gasteiger partial charge in [0.2, 0.25) is 5.91 Å². The number of hydrogen-bond donors (Lipinski definition) is 1. The van der Waals surface area contributed by atoms with Gasteiger partial charge in [-0.1, -0.05) is 24.3 Å². The van der Waals surface area contributed by atoms with Crippen molar-refractivity contribution in [3.8, 4) is 0 Å². The van der Waals surface area contributed by atoms with Crippen molar-refractivity contribution in [2.45, 2.75) is 11.4 Å². The normalized spacial score (nSPS) is 11.0. The van der Waals surface area contributed by atoms with Crippen LogP contribution in [0.3, 0.4) is 0 Å². The molecular weight excluding hydrogens is 330 g/mol. The van der Waals surface area contributed by atoms with Gasteiger partial charge in [0, 0.05) is 36.2 Å². The van der Waals surface area contributed by atoms with E-state index in [0.29, 0.717) is 6.54 Å². The molecule has 0 fully saturated rings. The quantitative estimate of drug-likeness (QED) is 0.399. The zero-order valence-electron chi connectivity index (χ0n) is 13.8. The minimum Gasteiger partial charge on any atom is -0.353 e. The van der Waals surface area contributed by atoms with Gasteiger partial charge in [-0.15, -0.1) is 11.8 Å². The Bertz CT molecular complexity index is 865. The van der Waals surface area contributed by atoms with Gasteiger partial charge in [0.1, 0.15) is 0 Å². The highest BCUT2D eigenvalue weighted by Crippen LogP contribution is 2.15. The number of rotatable bonds is 7. The Morgan fingerprint density at radius 1 is 1.12 bits per heavy atom. The number of amides is 1. The number of thioether (sulfide) groups is 1. The number of carbonyl (C=O) groups excluding carboxylic acids is 1. The van der Waals surface area contributed by atoms with Gasteiger partial charge in [0.05, 0.1) is 10.5 Å². The lowest BCUT2D eigenvalue weighted by atomic mass is 10.1. The molecule has 0 aliphatic heterocycles.